The first-order valence-electron chi connectivity index (χ1n) is 11.3. The second kappa shape index (κ2) is 10.1. The topological polar surface area (TPSA) is 79.4 Å². The first kappa shape index (κ1) is 22.8. The number of ether oxygens (including phenoxy) is 1. The zero-order chi connectivity index (χ0) is 24.2. The Morgan fingerprint density at radius 1 is 1.09 bits per heavy atom. The lowest BCUT2D eigenvalue weighted by Crippen LogP contribution is -2.36. The van der Waals surface area contributed by atoms with Crippen molar-refractivity contribution < 1.29 is 9.53 Å². The number of carbonyl (C=O) groups excluding carboxylic acids is 1. The quantitative estimate of drug-likeness (QED) is 0.343. The number of hydrogen-bond acceptors (Lipinski definition) is 6. The Labute approximate surface area is 208 Å². The highest BCUT2D eigenvalue weighted by Crippen LogP contribution is 2.36. The fraction of sp³-hybridized carbons (Fsp3) is 0.148. The van der Waals surface area contributed by atoms with Gasteiger partial charge in [-0.2, -0.15) is 0 Å². The largest absolute Gasteiger partial charge is 0.378 e. The third-order valence-electron chi connectivity index (χ3n) is 5.81. The van der Waals surface area contributed by atoms with Crippen LogP contribution in [0.4, 0.5) is 23.0 Å². The van der Waals surface area contributed by atoms with Crippen LogP contribution in [0.2, 0.25) is 5.02 Å². The highest BCUT2D eigenvalue weighted by molar-refractivity contribution is 6.35. The Hall–Kier alpha value is -3.94. The van der Waals surface area contributed by atoms with Crippen LogP contribution in [0.15, 0.2) is 79.5 Å². The summed E-state index contributed by atoms with van der Waals surface area (Å²) in [5.74, 6) is 0.191. The van der Waals surface area contributed by atoms with Crippen molar-refractivity contribution in [3.05, 3.63) is 84.5 Å². The van der Waals surface area contributed by atoms with Crippen LogP contribution in [-0.4, -0.2) is 42.2 Å². The fourth-order valence-electron chi connectivity index (χ4n) is 4.13. The van der Waals surface area contributed by atoms with E-state index < -0.39 is 0 Å². The summed E-state index contributed by atoms with van der Waals surface area (Å²) in [6.07, 6.45) is 3.02. The van der Waals surface area contributed by atoms with Crippen LogP contribution >= 0.6 is 11.6 Å². The summed E-state index contributed by atoms with van der Waals surface area (Å²) in [7, 11) is 0. The van der Waals surface area contributed by atoms with Crippen molar-refractivity contribution in [2.45, 2.75) is 0 Å². The molecule has 1 aliphatic rings. The Balaban J connectivity index is 1.53. The molecule has 3 aromatic carbocycles. The van der Waals surface area contributed by atoms with Crippen LogP contribution < -0.4 is 15.5 Å². The molecule has 0 aliphatic carbocycles. The number of hydrogen-bond donors (Lipinski definition) is 2. The van der Waals surface area contributed by atoms with E-state index in [-0.39, 0.29) is 5.91 Å². The van der Waals surface area contributed by atoms with Crippen molar-refractivity contribution in [1.82, 2.24) is 9.97 Å². The summed E-state index contributed by atoms with van der Waals surface area (Å²) in [5, 5.41) is 7.60. The molecule has 176 valence electrons. The van der Waals surface area contributed by atoms with E-state index in [0.29, 0.717) is 35.4 Å². The van der Waals surface area contributed by atoms with Crippen molar-refractivity contribution in [2.24, 2.45) is 0 Å². The van der Waals surface area contributed by atoms with Crippen molar-refractivity contribution in [3.8, 4) is 11.1 Å². The van der Waals surface area contributed by atoms with Crippen LogP contribution in [0.25, 0.3) is 22.0 Å². The third-order valence-corrected chi connectivity index (χ3v) is 6.12. The maximum Gasteiger partial charge on any atom is 0.247 e. The molecule has 0 bridgehead atoms. The molecular formula is C27H24ClN5O2. The smallest absolute Gasteiger partial charge is 0.247 e. The average Bonchev–Trinajstić information content (AvgIpc) is 2.89. The molecule has 8 heteroatoms. The molecule has 1 saturated heterocycles. The van der Waals surface area contributed by atoms with Crippen LogP contribution in [0.1, 0.15) is 0 Å². The van der Waals surface area contributed by atoms with E-state index >= 15 is 0 Å². The van der Waals surface area contributed by atoms with Crippen molar-refractivity contribution >= 4 is 51.4 Å². The lowest BCUT2D eigenvalue weighted by molar-refractivity contribution is -0.111. The number of carbonyl (C=O) groups is 1. The third kappa shape index (κ3) is 4.96. The van der Waals surface area contributed by atoms with Gasteiger partial charge in [0.1, 0.15) is 0 Å². The van der Waals surface area contributed by atoms with Gasteiger partial charge in [-0.1, -0.05) is 42.4 Å². The van der Waals surface area contributed by atoms with E-state index in [1.54, 1.807) is 6.20 Å². The van der Waals surface area contributed by atoms with E-state index in [0.717, 1.165) is 41.0 Å². The number of para-hydroxylation sites is 2. The van der Waals surface area contributed by atoms with E-state index in [1.807, 2.05) is 54.6 Å². The molecule has 7 nitrogen and oxygen atoms in total. The number of anilines is 4. The molecule has 2 N–H and O–H groups in total. The second-order valence-corrected chi connectivity index (χ2v) is 8.48. The van der Waals surface area contributed by atoms with E-state index in [1.165, 1.54) is 6.08 Å². The Kier molecular flexibility index (Phi) is 6.61. The van der Waals surface area contributed by atoms with Gasteiger partial charge in [0.25, 0.3) is 0 Å². The Bertz CT molecular complexity index is 1400. The minimum Gasteiger partial charge on any atom is -0.378 e. The molecule has 1 fully saturated rings. The van der Waals surface area contributed by atoms with Crippen LogP contribution in [0.3, 0.4) is 0 Å². The normalized spacial score (nSPS) is 13.5. The molecule has 0 radical (unpaired) electrons. The van der Waals surface area contributed by atoms with E-state index in [2.05, 4.69) is 33.2 Å². The number of morpholine rings is 1. The predicted octanol–water partition coefficient (Wildman–Crippen LogP) is 5.65. The van der Waals surface area contributed by atoms with Gasteiger partial charge in [0.2, 0.25) is 11.9 Å². The van der Waals surface area contributed by atoms with Gasteiger partial charge in [-0.25, -0.2) is 9.97 Å². The molecule has 5 rings (SSSR count). The van der Waals surface area contributed by atoms with Gasteiger partial charge in [0.05, 0.1) is 35.1 Å². The predicted molar refractivity (Wildman–Crippen MR) is 142 cm³/mol. The highest BCUT2D eigenvalue weighted by Gasteiger charge is 2.16. The fourth-order valence-corrected chi connectivity index (χ4v) is 4.39. The maximum absolute atomic E-state index is 11.8. The number of benzene rings is 3. The molecule has 0 unspecified atom stereocenters. The number of aromatic nitrogens is 2. The standard InChI is InChI=1S/C27H24ClN5O2/c1-2-24(34)30-20-7-5-6-18(16-20)25-21(28)11-10-19-17-29-27(32-26(19)25)31-22-8-3-4-9-23(22)33-12-14-35-15-13-33/h2-11,16-17H,1,12-15H2,(H,30,34)(H,29,31,32). The SMILES string of the molecule is C=CC(=O)Nc1cccc(-c2c(Cl)ccc3cnc(Nc4ccccc4N4CCOCC4)nc23)c1. The van der Waals surface area contributed by atoms with Gasteiger partial charge >= 0.3 is 0 Å². The van der Waals surface area contributed by atoms with Crippen LogP contribution in [0.5, 0.6) is 0 Å². The van der Waals surface area contributed by atoms with E-state index in [9.17, 15) is 4.79 Å². The van der Waals surface area contributed by atoms with Gasteiger partial charge in [-0.05, 0) is 48.0 Å². The summed E-state index contributed by atoms with van der Waals surface area (Å²) in [6, 6.07) is 19.3. The second-order valence-electron chi connectivity index (χ2n) is 8.07. The molecule has 35 heavy (non-hydrogen) atoms. The number of nitrogens with one attached hydrogen (secondary N) is 2. The monoisotopic (exact) mass is 485 g/mol. The Morgan fingerprint density at radius 3 is 2.74 bits per heavy atom. The van der Waals surface area contributed by atoms with Gasteiger partial charge in [-0.3, -0.25) is 4.79 Å². The van der Waals surface area contributed by atoms with Crippen molar-refractivity contribution in [3.63, 3.8) is 0 Å². The summed E-state index contributed by atoms with van der Waals surface area (Å²) in [5.41, 5.74) is 4.97. The molecule has 4 aromatic rings. The number of nitrogens with zero attached hydrogens (tertiary/aromatic N) is 3. The van der Waals surface area contributed by atoms with Crippen LogP contribution in [0, 0.1) is 0 Å². The lowest BCUT2D eigenvalue weighted by atomic mass is 10.0. The van der Waals surface area contributed by atoms with Crippen molar-refractivity contribution in [1.29, 1.82) is 0 Å². The number of rotatable bonds is 6. The highest BCUT2D eigenvalue weighted by atomic mass is 35.5. The molecule has 0 saturated carbocycles. The first-order valence-corrected chi connectivity index (χ1v) is 11.7. The first-order chi connectivity index (χ1) is 17.1. The molecule has 2 heterocycles. The molecule has 1 aliphatic heterocycles. The van der Waals surface area contributed by atoms with E-state index in [4.69, 9.17) is 21.3 Å². The maximum atomic E-state index is 11.8. The molecule has 1 aromatic heterocycles. The lowest BCUT2D eigenvalue weighted by Gasteiger charge is -2.30. The number of fused-ring (bicyclic) bond motifs is 1. The average molecular weight is 486 g/mol. The summed E-state index contributed by atoms with van der Waals surface area (Å²) in [6.45, 7) is 6.57. The minimum absolute atomic E-state index is 0.279. The van der Waals surface area contributed by atoms with Crippen molar-refractivity contribution in [2.75, 3.05) is 41.8 Å². The summed E-state index contributed by atoms with van der Waals surface area (Å²) in [4.78, 5) is 23.5. The molecule has 0 atom stereocenters. The number of amides is 1. The zero-order valence-electron chi connectivity index (χ0n) is 19.0. The Morgan fingerprint density at radius 2 is 1.91 bits per heavy atom. The van der Waals surface area contributed by atoms with Gasteiger partial charge < -0.3 is 20.3 Å². The minimum atomic E-state index is -0.279. The zero-order valence-corrected chi connectivity index (χ0v) is 19.8. The molecule has 1 amide bonds. The van der Waals surface area contributed by atoms with Gasteiger partial charge in [0.15, 0.2) is 0 Å². The summed E-state index contributed by atoms with van der Waals surface area (Å²) >= 11 is 6.66. The van der Waals surface area contributed by atoms with Gasteiger partial charge in [-0.15, -0.1) is 0 Å². The van der Waals surface area contributed by atoms with Gasteiger partial charge in [0, 0.05) is 35.9 Å². The molecular weight excluding hydrogens is 462 g/mol. The van der Waals surface area contributed by atoms with Crippen LogP contribution in [-0.2, 0) is 9.53 Å². The number of halogens is 1. The summed E-state index contributed by atoms with van der Waals surface area (Å²) < 4.78 is 5.50. The molecule has 0 spiro atoms.